The van der Waals surface area contributed by atoms with Crippen LogP contribution >= 0.6 is 0 Å². The Labute approximate surface area is 205 Å². The van der Waals surface area contributed by atoms with Crippen LogP contribution in [0.1, 0.15) is 40.7 Å². The quantitative estimate of drug-likeness (QED) is 0.423. The smallest absolute Gasteiger partial charge is 0.354 e. The van der Waals surface area contributed by atoms with E-state index in [1.165, 1.54) is 0 Å². The molecule has 1 saturated heterocycles. The molecule has 7 nitrogen and oxygen atoms in total. The molecule has 1 aromatic heterocycles. The van der Waals surface area contributed by atoms with Crippen LogP contribution in [0.25, 0.3) is 0 Å². The third-order valence-electron chi connectivity index (χ3n) is 6.43. The highest BCUT2D eigenvalue weighted by atomic mass is 16.7. The molecule has 0 radical (unpaired) electrons. The summed E-state index contributed by atoms with van der Waals surface area (Å²) in [6, 6.07) is 23.8. The lowest BCUT2D eigenvalue weighted by atomic mass is 10.1. The Hall–Kier alpha value is -2.97. The molecule has 3 heterocycles. The number of hydrogen-bond acceptors (Lipinski definition) is 6. The van der Waals surface area contributed by atoms with Crippen molar-refractivity contribution in [3.63, 3.8) is 0 Å². The molecule has 1 fully saturated rings. The van der Waals surface area contributed by atoms with Gasteiger partial charge in [-0.15, -0.1) is 0 Å². The molecule has 7 heteroatoms. The van der Waals surface area contributed by atoms with E-state index < -0.39 is 5.79 Å². The fourth-order valence-corrected chi connectivity index (χ4v) is 4.68. The van der Waals surface area contributed by atoms with Crippen molar-refractivity contribution in [1.29, 1.82) is 0 Å². The van der Waals surface area contributed by atoms with Crippen molar-refractivity contribution in [2.24, 2.45) is 0 Å². The summed E-state index contributed by atoms with van der Waals surface area (Å²) in [7, 11) is 0. The van der Waals surface area contributed by atoms with Crippen molar-refractivity contribution in [3.05, 3.63) is 95.3 Å². The number of aromatic nitrogens is 1. The van der Waals surface area contributed by atoms with Crippen LogP contribution in [0, 0.1) is 0 Å². The number of esters is 1. The average Bonchev–Trinajstić information content (AvgIpc) is 3.45. The van der Waals surface area contributed by atoms with Crippen molar-refractivity contribution in [2.75, 3.05) is 13.2 Å². The number of ether oxygens (including phenoxy) is 5. The molecular formula is C28H31NO6. The number of hydrogen-bond donors (Lipinski definition) is 0. The first kappa shape index (κ1) is 23.8. The summed E-state index contributed by atoms with van der Waals surface area (Å²) in [4.78, 5) is 12.5. The molecule has 0 bridgehead atoms. The summed E-state index contributed by atoms with van der Waals surface area (Å²) in [5.74, 6) is -1.23. The Morgan fingerprint density at radius 3 is 2.43 bits per heavy atom. The summed E-state index contributed by atoms with van der Waals surface area (Å²) < 4.78 is 32.3. The van der Waals surface area contributed by atoms with Crippen LogP contribution < -0.4 is 0 Å². The Morgan fingerprint density at radius 2 is 1.71 bits per heavy atom. The van der Waals surface area contributed by atoms with Gasteiger partial charge in [0.2, 0.25) is 0 Å². The van der Waals surface area contributed by atoms with Crippen LogP contribution in [0.5, 0.6) is 0 Å². The predicted octanol–water partition coefficient (Wildman–Crippen LogP) is 4.48. The first-order valence-corrected chi connectivity index (χ1v) is 12.1. The van der Waals surface area contributed by atoms with E-state index in [1.807, 2.05) is 71.3 Å². The lowest BCUT2D eigenvalue weighted by molar-refractivity contribution is -0.257. The predicted molar refractivity (Wildman–Crippen MR) is 129 cm³/mol. The van der Waals surface area contributed by atoms with Gasteiger partial charge in [-0.2, -0.15) is 0 Å². The summed E-state index contributed by atoms with van der Waals surface area (Å²) in [5, 5.41) is 0. The highest BCUT2D eigenvalue weighted by Gasteiger charge is 2.50. The molecule has 0 amide bonds. The lowest BCUT2D eigenvalue weighted by Gasteiger charge is -2.35. The van der Waals surface area contributed by atoms with Crippen LogP contribution in [0.4, 0.5) is 0 Å². The molecule has 1 spiro atoms. The minimum absolute atomic E-state index is 0.214. The summed E-state index contributed by atoms with van der Waals surface area (Å²) in [6.45, 7) is 4.22. The summed E-state index contributed by atoms with van der Waals surface area (Å²) in [5.41, 5.74) is 3.64. The molecule has 2 aliphatic rings. The summed E-state index contributed by atoms with van der Waals surface area (Å²) >= 11 is 0. The van der Waals surface area contributed by atoms with E-state index in [0.29, 0.717) is 51.7 Å². The molecule has 0 aliphatic carbocycles. The lowest BCUT2D eigenvalue weighted by Crippen LogP contribution is -2.42. The van der Waals surface area contributed by atoms with Crippen molar-refractivity contribution in [2.45, 2.75) is 57.7 Å². The second-order valence-electron chi connectivity index (χ2n) is 8.91. The van der Waals surface area contributed by atoms with Gasteiger partial charge in [-0.3, -0.25) is 0 Å². The minimum Gasteiger partial charge on any atom is -0.461 e. The fourth-order valence-electron chi connectivity index (χ4n) is 4.68. The Kier molecular flexibility index (Phi) is 7.29. The maximum atomic E-state index is 12.5. The van der Waals surface area contributed by atoms with E-state index in [1.54, 1.807) is 13.0 Å². The molecule has 35 heavy (non-hydrogen) atoms. The molecule has 3 aromatic rings. The molecule has 5 rings (SSSR count). The number of carbonyl (C=O) groups is 1. The van der Waals surface area contributed by atoms with E-state index in [2.05, 4.69) is 0 Å². The zero-order chi connectivity index (χ0) is 24.1. The van der Waals surface area contributed by atoms with Crippen LogP contribution in [-0.4, -0.2) is 41.7 Å². The van der Waals surface area contributed by atoms with Gasteiger partial charge in [-0.1, -0.05) is 60.7 Å². The molecular weight excluding hydrogens is 446 g/mol. The molecule has 2 aliphatic heterocycles. The van der Waals surface area contributed by atoms with Crippen molar-refractivity contribution in [1.82, 2.24) is 4.57 Å². The maximum Gasteiger partial charge on any atom is 0.354 e. The van der Waals surface area contributed by atoms with E-state index >= 15 is 0 Å². The topological polar surface area (TPSA) is 68.2 Å². The van der Waals surface area contributed by atoms with Gasteiger partial charge in [0, 0.05) is 12.1 Å². The zero-order valence-electron chi connectivity index (χ0n) is 19.9. The van der Waals surface area contributed by atoms with Gasteiger partial charge in [-0.05, 0) is 30.2 Å². The Morgan fingerprint density at radius 1 is 1.00 bits per heavy atom. The van der Waals surface area contributed by atoms with E-state index in [0.717, 1.165) is 16.8 Å². The van der Waals surface area contributed by atoms with Crippen LogP contribution in [0.15, 0.2) is 72.8 Å². The first-order valence-electron chi connectivity index (χ1n) is 12.1. The maximum absolute atomic E-state index is 12.5. The molecule has 0 unspecified atom stereocenters. The molecule has 0 saturated carbocycles. The van der Waals surface area contributed by atoms with E-state index in [4.69, 9.17) is 23.7 Å². The van der Waals surface area contributed by atoms with Crippen molar-refractivity contribution >= 4 is 5.97 Å². The number of carbonyl (C=O) groups excluding carboxylic acids is 1. The van der Waals surface area contributed by atoms with Crippen LogP contribution in [0.2, 0.25) is 0 Å². The SMILES string of the molecule is CCOC(=O)c1ccc2n1C[C@]1(C[C@H](OCc3ccccc3)[C@@H](COCc3ccccc3)O1)OC2. The number of nitrogens with zero attached hydrogens (tertiary/aromatic N) is 1. The van der Waals surface area contributed by atoms with Gasteiger partial charge in [0.05, 0.1) is 45.7 Å². The monoisotopic (exact) mass is 477 g/mol. The second-order valence-corrected chi connectivity index (χ2v) is 8.91. The van der Waals surface area contributed by atoms with Gasteiger partial charge in [0.1, 0.15) is 11.8 Å². The third-order valence-corrected chi connectivity index (χ3v) is 6.43. The van der Waals surface area contributed by atoms with Crippen LogP contribution in [-0.2, 0) is 50.0 Å². The van der Waals surface area contributed by atoms with Gasteiger partial charge in [0.15, 0.2) is 5.79 Å². The third kappa shape index (κ3) is 5.49. The van der Waals surface area contributed by atoms with Gasteiger partial charge in [0.25, 0.3) is 0 Å². The fraction of sp³-hybridized carbons (Fsp3) is 0.393. The van der Waals surface area contributed by atoms with Gasteiger partial charge in [-0.25, -0.2) is 4.79 Å². The Bertz CT molecular complexity index is 1110. The van der Waals surface area contributed by atoms with Crippen molar-refractivity contribution in [3.8, 4) is 0 Å². The molecule has 184 valence electrons. The molecule has 0 N–H and O–H groups in total. The van der Waals surface area contributed by atoms with E-state index in [-0.39, 0.29) is 18.2 Å². The number of benzene rings is 2. The normalized spacial score (nSPS) is 23.3. The molecule has 3 atom stereocenters. The van der Waals surface area contributed by atoms with E-state index in [9.17, 15) is 4.79 Å². The van der Waals surface area contributed by atoms with Crippen molar-refractivity contribution < 1.29 is 28.5 Å². The highest BCUT2D eigenvalue weighted by molar-refractivity contribution is 5.88. The van der Waals surface area contributed by atoms with Gasteiger partial charge >= 0.3 is 5.97 Å². The zero-order valence-corrected chi connectivity index (χ0v) is 19.9. The molecule has 2 aromatic carbocycles. The summed E-state index contributed by atoms with van der Waals surface area (Å²) in [6.07, 6.45) is 0.0266. The number of rotatable bonds is 9. The second kappa shape index (κ2) is 10.7. The van der Waals surface area contributed by atoms with Gasteiger partial charge < -0.3 is 28.3 Å². The largest absolute Gasteiger partial charge is 0.461 e. The van der Waals surface area contributed by atoms with Crippen LogP contribution in [0.3, 0.4) is 0 Å². The standard InChI is InChI=1S/C28H31NO6/c1-2-32-27(30)24-14-13-23-18-34-28(20-29(23)24)15-25(33-17-22-11-7-4-8-12-22)26(35-28)19-31-16-21-9-5-3-6-10-21/h3-14,25-26H,2,15-20H2,1H3/t25-,26+,28+/m0/s1. The Balaban J connectivity index is 1.30. The highest BCUT2D eigenvalue weighted by Crippen LogP contribution is 2.39. The minimum atomic E-state index is -0.893. The first-order chi connectivity index (χ1) is 17.2. The number of fused-ring (bicyclic) bond motifs is 1. The average molecular weight is 478 g/mol.